The smallest absolute Gasteiger partial charge is 0.230 e. The van der Waals surface area contributed by atoms with Crippen molar-refractivity contribution in [3.05, 3.63) is 0 Å². The number of ketones is 1. The highest BCUT2D eigenvalue weighted by atomic mass is 79.9. The second-order valence-corrected chi connectivity index (χ2v) is 5.50. The summed E-state index contributed by atoms with van der Waals surface area (Å²) >= 11 is 6.27. The second-order valence-electron chi connectivity index (χ2n) is 4.38. The number of Topliss-reactive ketones (excluding diaryl/α,β-unsaturated/α-hetero) is 1. The minimum atomic E-state index is 0.0615. The predicted octanol–water partition coefficient (Wildman–Crippen LogP) is 3.58. The van der Waals surface area contributed by atoms with Gasteiger partial charge in [-0.25, -0.2) is 0 Å². The fourth-order valence-electron chi connectivity index (χ4n) is 1.67. The normalized spacial score (nSPS) is 10.3. The molecule has 0 saturated heterocycles. The first-order chi connectivity index (χ1) is 8.70. The topological polar surface area (TPSA) is 46.2 Å². The highest BCUT2D eigenvalue weighted by Gasteiger charge is 1.99. The van der Waals surface area contributed by atoms with Crippen molar-refractivity contribution >= 4 is 43.6 Å². The van der Waals surface area contributed by atoms with E-state index in [1.165, 1.54) is 25.7 Å². The summed E-state index contributed by atoms with van der Waals surface area (Å²) in [6.45, 7) is 0.782. The Morgan fingerprint density at radius 1 is 0.778 bits per heavy atom. The molecule has 3 nitrogen and oxygen atoms in total. The first-order valence-electron chi connectivity index (χ1n) is 6.61. The maximum absolute atomic E-state index is 11.0. The Labute approximate surface area is 127 Å². The van der Waals surface area contributed by atoms with Crippen LogP contribution in [0.2, 0.25) is 0 Å². The van der Waals surface area contributed by atoms with E-state index >= 15 is 0 Å². The fraction of sp³-hybridized carbons (Fsp3) is 0.846. The molecule has 0 spiro atoms. The van der Waals surface area contributed by atoms with Crippen LogP contribution in [0.25, 0.3) is 0 Å². The number of rotatable bonds is 12. The molecule has 0 aliphatic heterocycles. The van der Waals surface area contributed by atoms with Crippen molar-refractivity contribution in [1.29, 1.82) is 0 Å². The minimum absolute atomic E-state index is 0.0615. The molecule has 0 aromatic rings. The van der Waals surface area contributed by atoms with E-state index in [2.05, 4.69) is 37.2 Å². The van der Waals surface area contributed by atoms with Crippen LogP contribution >= 0.6 is 31.9 Å². The predicted molar refractivity (Wildman–Crippen MR) is 82.5 cm³/mol. The van der Waals surface area contributed by atoms with Crippen LogP contribution in [0.3, 0.4) is 0 Å². The van der Waals surface area contributed by atoms with Crippen molar-refractivity contribution in [3.63, 3.8) is 0 Å². The summed E-state index contributed by atoms with van der Waals surface area (Å²) in [5.41, 5.74) is 0. The molecule has 18 heavy (non-hydrogen) atoms. The van der Waals surface area contributed by atoms with Gasteiger partial charge in [0, 0.05) is 13.0 Å². The van der Waals surface area contributed by atoms with Crippen LogP contribution in [0.4, 0.5) is 0 Å². The monoisotopic (exact) mass is 383 g/mol. The zero-order valence-electron chi connectivity index (χ0n) is 10.9. The van der Waals surface area contributed by atoms with Gasteiger partial charge in [-0.3, -0.25) is 9.59 Å². The highest BCUT2D eigenvalue weighted by Crippen LogP contribution is 2.09. The Kier molecular flexibility index (Phi) is 13.6. The molecule has 0 atom stereocenters. The van der Waals surface area contributed by atoms with Gasteiger partial charge in [0.1, 0.15) is 5.78 Å². The van der Waals surface area contributed by atoms with Gasteiger partial charge >= 0.3 is 0 Å². The summed E-state index contributed by atoms with van der Waals surface area (Å²) < 4.78 is 0. The number of halogens is 2. The first-order valence-corrected chi connectivity index (χ1v) is 8.85. The van der Waals surface area contributed by atoms with Crippen molar-refractivity contribution in [2.45, 2.75) is 51.4 Å². The van der Waals surface area contributed by atoms with Crippen LogP contribution in [-0.4, -0.2) is 28.9 Å². The lowest BCUT2D eigenvalue weighted by Gasteiger charge is -2.03. The number of unbranched alkanes of at least 4 members (excludes halogenated alkanes) is 6. The summed E-state index contributed by atoms with van der Waals surface area (Å²) in [5, 5.41) is 3.72. The van der Waals surface area contributed by atoms with Crippen LogP contribution in [0.5, 0.6) is 0 Å². The molecule has 0 fully saturated rings. The van der Waals surface area contributed by atoms with Gasteiger partial charge in [0.15, 0.2) is 0 Å². The van der Waals surface area contributed by atoms with Crippen LogP contribution in [0.15, 0.2) is 0 Å². The van der Waals surface area contributed by atoms with E-state index in [-0.39, 0.29) is 5.91 Å². The van der Waals surface area contributed by atoms with E-state index in [0.29, 0.717) is 22.9 Å². The third-order valence-electron chi connectivity index (χ3n) is 2.72. The van der Waals surface area contributed by atoms with Gasteiger partial charge in [-0.15, -0.1) is 0 Å². The summed E-state index contributed by atoms with van der Waals surface area (Å²) in [5.74, 6) is 0.365. The zero-order chi connectivity index (χ0) is 13.6. The molecule has 0 unspecified atom stereocenters. The molecular formula is C13H23Br2NO2. The molecule has 0 aromatic carbocycles. The number of nitrogens with one attached hydrogen (secondary N) is 1. The molecule has 106 valence electrons. The molecule has 5 heteroatoms. The second kappa shape index (κ2) is 13.5. The van der Waals surface area contributed by atoms with Crippen molar-refractivity contribution in [2.75, 3.05) is 17.2 Å². The molecule has 0 saturated carbocycles. The van der Waals surface area contributed by atoms with Crippen molar-refractivity contribution < 1.29 is 9.59 Å². The summed E-state index contributed by atoms with van der Waals surface area (Å²) in [4.78, 5) is 21.9. The number of hydrogen-bond acceptors (Lipinski definition) is 2. The number of alkyl halides is 2. The van der Waals surface area contributed by atoms with Gasteiger partial charge < -0.3 is 5.32 Å². The molecule has 1 N–H and O–H groups in total. The van der Waals surface area contributed by atoms with E-state index in [9.17, 15) is 9.59 Å². The number of hydrogen-bond donors (Lipinski definition) is 1. The van der Waals surface area contributed by atoms with E-state index in [1.54, 1.807) is 0 Å². The molecule has 1 amide bonds. The molecule has 0 aliphatic rings. The van der Waals surface area contributed by atoms with Crippen LogP contribution in [-0.2, 0) is 9.59 Å². The van der Waals surface area contributed by atoms with Crippen LogP contribution < -0.4 is 5.32 Å². The average molecular weight is 385 g/mol. The largest absolute Gasteiger partial charge is 0.355 e. The lowest BCUT2D eigenvalue weighted by atomic mass is 10.1. The fourth-order valence-corrected chi connectivity index (χ4v) is 2.15. The zero-order valence-corrected chi connectivity index (χ0v) is 14.0. The van der Waals surface area contributed by atoms with Gasteiger partial charge in [-0.2, -0.15) is 0 Å². The van der Waals surface area contributed by atoms with Crippen molar-refractivity contribution in [3.8, 4) is 0 Å². The molecule has 0 aromatic heterocycles. The molecule has 0 rings (SSSR count). The van der Waals surface area contributed by atoms with Gasteiger partial charge in [0.2, 0.25) is 5.91 Å². The Bertz CT molecular complexity index is 211. The SMILES string of the molecule is O=C(CBr)CCCCCCCCCNC(=O)CBr. The minimum Gasteiger partial charge on any atom is -0.355 e. The molecule has 0 radical (unpaired) electrons. The quantitative estimate of drug-likeness (QED) is 0.413. The Balaban J connectivity index is 3.07. The Morgan fingerprint density at radius 2 is 1.33 bits per heavy atom. The van der Waals surface area contributed by atoms with Crippen LogP contribution in [0.1, 0.15) is 51.4 Å². The number of amides is 1. The third kappa shape index (κ3) is 12.6. The maximum Gasteiger partial charge on any atom is 0.230 e. The number of carbonyl (C=O) groups is 2. The van der Waals surface area contributed by atoms with Crippen LogP contribution in [0, 0.1) is 0 Å². The van der Waals surface area contributed by atoms with Gasteiger partial charge in [-0.1, -0.05) is 64.0 Å². The Morgan fingerprint density at radius 3 is 1.89 bits per heavy atom. The summed E-state index contributed by atoms with van der Waals surface area (Å²) in [7, 11) is 0. The van der Waals surface area contributed by atoms with E-state index in [4.69, 9.17) is 0 Å². The lowest BCUT2D eigenvalue weighted by Crippen LogP contribution is -2.25. The maximum atomic E-state index is 11.0. The molecule has 0 aliphatic carbocycles. The van der Waals surface area contributed by atoms with E-state index in [1.807, 2.05) is 0 Å². The molecule has 0 heterocycles. The Hall–Kier alpha value is 0.1000. The summed E-state index contributed by atoms with van der Waals surface area (Å²) in [6.07, 6.45) is 8.77. The number of carbonyl (C=O) groups excluding carboxylic acids is 2. The third-order valence-corrected chi connectivity index (χ3v) is 3.86. The van der Waals surface area contributed by atoms with E-state index in [0.717, 1.165) is 25.8 Å². The van der Waals surface area contributed by atoms with Gasteiger partial charge in [0.05, 0.1) is 10.7 Å². The average Bonchev–Trinajstić information content (AvgIpc) is 2.40. The van der Waals surface area contributed by atoms with Gasteiger partial charge in [-0.05, 0) is 12.8 Å². The van der Waals surface area contributed by atoms with E-state index < -0.39 is 0 Å². The first kappa shape index (κ1) is 18.1. The summed E-state index contributed by atoms with van der Waals surface area (Å²) in [6, 6.07) is 0. The van der Waals surface area contributed by atoms with Crippen molar-refractivity contribution in [1.82, 2.24) is 5.32 Å². The molecule has 0 bridgehead atoms. The lowest BCUT2D eigenvalue weighted by molar-refractivity contribution is -0.118. The standard InChI is InChI=1S/C13H23Br2NO2/c14-10-12(17)8-6-4-2-1-3-5-7-9-16-13(18)11-15/h1-11H2,(H,16,18). The highest BCUT2D eigenvalue weighted by molar-refractivity contribution is 9.09. The van der Waals surface area contributed by atoms with Crippen molar-refractivity contribution in [2.24, 2.45) is 0 Å². The molecular weight excluding hydrogens is 362 g/mol. The van der Waals surface area contributed by atoms with Gasteiger partial charge in [0.25, 0.3) is 0 Å².